The first-order valence-electron chi connectivity index (χ1n) is 10.2. The molecule has 5 atom stereocenters. The first-order valence-corrected chi connectivity index (χ1v) is 10.2. The molecule has 0 amide bonds. The Hall–Kier alpha value is -0.710. The molecule has 0 aromatic carbocycles. The van der Waals surface area contributed by atoms with E-state index in [0.717, 1.165) is 14.0 Å². The summed E-state index contributed by atoms with van der Waals surface area (Å²) in [6.45, 7) is 2.82. The predicted octanol–water partition coefficient (Wildman–Crippen LogP) is 7.28. The molecular weight excluding hydrogens is 443 g/mol. The van der Waals surface area contributed by atoms with Crippen LogP contribution in [0.1, 0.15) is 59.3 Å². The third-order valence-electron chi connectivity index (χ3n) is 7.59. The maximum Gasteiger partial charge on any atom is 0.426 e. The zero-order valence-corrected chi connectivity index (χ0v) is 17.9. The molecule has 0 N–H and O–H groups in total. The summed E-state index contributed by atoms with van der Waals surface area (Å²) in [4.78, 5) is 0. The Morgan fingerprint density at radius 1 is 0.903 bits per heavy atom. The van der Waals surface area contributed by atoms with Crippen LogP contribution >= 0.6 is 0 Å². The van der Waals surface area contributed by atoms with Crippen molar-refractivity contribution in [2.24, 2.45) is 28.6 Å². The van der Waals surface area contributed by atoms with Crippen molar-refractivity contribution in [1.29, 1.82) is 0 Å². The molecular formula is C20H29F9O2. The van der Waals surface area contributed by atoms with Gasteiger partial charge in [-0.25, -0.2) is 0 Å². The van der Waals surface area contributed by atoms with E-state index in [1.54, 1.807) is 6.92 Å². The number of alkyl halides is 9. The zero-order chi connectivity index (χ0) is 24.1. The molecule has 2 aliphatic rings. The molecule has 2 rings (SSSR count). The summed E-state index contributed by atoms with van der Waals surface area (Å²) in [5, 5.41) is 0. The first-order chi connectivity index (χ1) is 13.9. The number of hydrogen-bond acceptors (Lipinski definition) is 2. The molecule has 0 saturated heterocycles. The largest absolute Gasteiger partial charge is 0.426 e. The van der Waals surface area contributed by atoms with Gasteiger partial charge in [-0.3, -0.25) is 0 Å². The van der Waals surface area contributed by atoms with Gasteiger partial charge in [0.1, 0.15) is 6.79 Å². The zero-order valence-electron chi connectivity index (χ0n) is 17.9. The lowest BCUT2D eigenvalue weighted by molar-refractivity contribution is -0.397. The molecule has 0 radical (unpaired) electrons. The van der Waals surface area contributed by atoms with Gasteiger partial charge in [0.2, 0.25) is 0 Å². The van der Waals surface area contributed by atoms with Crippen molar-refractivity contribution < 1.29 is 49.0 Å². The van der Waals surface area contributed by atoms with Crippen LogP contribution in [0, 0.1) is 28.6 Å². The fourth-order valence-electron chi connectivity index (χ4n) is 5.96. The monoisotopic (exact) mass is 472 g/mol. The molecule has 5 unspecified atom stereocenters. The topological polar surface area (TPSA) is 18.5 Å². The summed E-state index contributed by atoms with van der Waals surface area (Å²) in [5.41, 5.74) is -7.49. The van der Waals surface area contributed by atoms with Crippen LogP contribution in [0.25, 0.3) is 0 Å². The molecule has 0 aromatic rings. The molecule has 184 valence electrons. The average molecular weight is 472 g/mol. The Bertz CT molecular complexity index is 614. The highest BCUT2D eigenvalue weighted by atomic mass is 19.4. The molecule has 2 nitrogen and oxygen atoms in total. The lowest BCUT2D eigenvalue weighted by Gasteiger charge is -2.47. The minimum atomic E-state index is -5.76. The Kier molecular flexibility index (Phi) is 7.07. The van der Waals surface area contributed by atoms with Crippen LogP contribution in [0.15, 0.2) is 0 Å². The lowest BCUT2D eigenvalue weighted by Crippen LogP contribution is -2.60. The van der Waals surface area contributed by atoms with Crippen LogP contribution in [-0.4, -0.2) is 38.0 Å². The second kappa shape index (κ2) is 8.25. The van der Waals surface area contributed by atoms with Crippen LogP contribution in [0.2, 0.25) is 0 Å². The van der Waals surface area contributed by atoms with E-state index in [2.05, 4.69) is 9.47 Å². The molecule has 2 aliphatic carbocycles. The molecule has 0 heterocycles. The minimum Gasteiger partial charge on any atom is -0.359 e. The van der Waals surface area contributed by atoms with Crippen LogP contribution in [0.5, 0.6) is 0 Å². The smallest absolute Gasteiger partial charge is 0.359 e. The number of ether oxygens (including phenoxy) is 2. The Morgan fingerprint density at radius 3 is 1.84 bits per heavy atom. The van der Waals surface area contributed by atoms with Crippen molar-refractivity contribution in [3.05, 3.63) is 0 Å². The van der Waals surface area contributed by atoms with Crippen molar-refractivity contribution in [1.82, 2.24) is 0 Å². The second-order valence-electron chi connectivity index (χ2n) is 9.73. The van der Waals surface area contributed by atoms with Gasteiger partial charge in [-0.1, -0.05) is 20.8 Å². The molecule has 2 fully saturated rings. The van der Waals surface area contributed by atoms with Crippen LogP contribution < -0.4 is 0 Å². The molecule has 2 saturated carbocycles. The van der Waals surface area contributed by atoms with Gasteiger partial charge in [-0.05, 0) is 61.7 Å². The van der Waals surface area contributed by atoms with E-state index in [1.165, 1.54) is 6.92 Å². The third-order valence-corrected chi connectivity index (χ3v) is 7.59. The van der Waals surface area contributed by atoms with Gasteiger partial charge in [-0.15, -0.1) is 0 Å². The highest BCUT2D eigenvalue weighted by Gasteiger charge is 2.74. The number of methoxy groups -OCH3 is 1. The summed E-state index contributed by atoms with van der Waals surface area (Å²) in [6.07, 6.45) is -17.2. The van der Waals surface area contributed by atoms with Gasteiger partial charge in [0.25, 0.3) is 5.60 Å². The van der Waals surface area contributed by atoms with Crippen molar-refractivity contribution in [3.63, 3.8) is 0 Å². The van der Waals surface area contributed by atoms with E-state index in [1.807, 2.05) is 0 Å². The minimum absolute atomic E-state index is 0.110. The molecule has 11 heteroatoms. The second-order valence-corrected chi connectivity index (χ2v) is 9.73. The lowest BCUT2D eigenvalue weighted by atomic mass is 9.60. The summed E-state index contributed by atoms with van der Waals surface area (Å²) in [7, 11) is 0.912. The quantitative estimate of drug-likeness (QED) is 0.273. The van der Waals surface area contributed by atoms with Gasteiger partial charge in [0, 0.05) is 7.11 Å². The summed E-state index contributed by atoms with van der Waals surface area (Å²) in [5.74, 6) is -1.94. The normalized spacial score (nSPS) is 31.8. The van der Waals surface area contributed by atoms with E-state index in [-0.39, 0.29) is 25.2 Å². The number of hydrogen-bond donors (Lipinski definition) is 0. The number of halogens is 9. The van der Waals surface area contributed by atoms with Crippen molar-refractivity contribution in [2.45, 2.75) is 83.4 Å². The Labute approximate surface area is 175 Å². The van der Waals surface area contributed by atoms with Crippen LogP contribution in [-0.2, 0) is 9.47 Å². The standard InChI is InChI=1S/C20H29F9O2/c1-5-16(3,18(21,22)23)10-15(2)8-12-6-13(14(15)7-12)9-17(19(24,25)26,20(27,28)29)31-11-30-4/h12-14H,5-11H2,1-4H3. The highest BCUT2D eigenvalue weighted by Crippen LogP contribution is 2.66. The molecule has 0 aliphatic heterocycles. The van der Waals surface area contributed by atoms with E-state index in [9.17, 15) is 39.5 Å². The van der Waals surface area contributed by atoms with Crippen molar-refractivity contribution >= 4 is 0 Å². The summed E-state index contributed by atoms with van der Waals surface area (Å²) >= 11 is 0. The van der Waals surface area contributed by atoms with Gasteiger partial charge in [0.15, 0.2) is 0 Å². The van der Waals surface area contributed by atoms with Gasteiger partial charge in [-0.2, -0.15) is 39.5 Å². The summed E-state index contributed by atoms with van der Waals surface area (Å²) in [6, 6.07) is 0. The van der Waals surface area contributed by atoms with E-state index in [0.29, 0.717) is 12.8 Å². The Balaban J connectivity index is 2.37. The van der Waals surface area contributed by atoms with Crippen LogP contribution in [0.4, 0.5) is 39.5 Å². The predicted molar refractivity (Wildman–Crippen MR) is 93.9 cm³/mol. The van der Waals surface area contributed by atoms with E-state index < -0.39 is 60.0 Å². The molecule has 2 bridgehead atoms. The maximum atomic E-state index is 13.7. The fourth-order valence-corrected chi connectivity index (χ4v) is 5.96. The average Bonchev–Trinajstić information content (AvgIpc) is 3.11. The first kappa shape index (κ1) is 26.5. The number of fused-ring (bicyclic) bond motifs is 2. The van der Waals surface area contributed by atoms with E-state index >= 15 is 0 Å². The van der Waals surface area contributed by atoms with Gasteiger partial charge < -0.3 is 9.47 Å². The highest BCUT2D eigenvalue weighted by molar-refractivity contribution is 5.08. The van der Waals surface area contributed by atoms with Crippen molar-refractivity contribution in [2.75, 3.05) is 13.9 Å². The molecule has 0 spiro atoms. The Morgan fingerprint density at radius 2 is 1.45 bits per heavy atom. The third kappa shape index (κ3) is 4.68. The van der Waals surface area contributed by atoms with E-state index in [4.69, 9.17) is 0 Å². The molecule has 0 aromatic heterocycles. The van der Waals surface area contributed by atoms with Gasteiger partial charge >= 0.3 is 18.5 Å². The number of rotatable bonds is 8. The fraction of sp³-hybridized carbons (Fsp3) is 1.00. The maximum absolute atomic E-state index is 13.7. The SMILES string of the molecule is CCC(C)(CC1(C)CC2CC(CC(OCOC)(C(F)(F)F)C(F)(F)F)C1C2)C(F)(F)F. The van der Waals surface area contributed by atoms with Crippen LogP contribution in [0.3, 0.4) is 0 Å². The van der Waals surface area contributed by atoms with Gasteiger partial charge in [0.05, 0.1) is 5.41 Å². The molecule has 31 heavy (non-hydrogen) atoms. The van der Waals surface area contributed by atoms with Crippen molar-refractivity contribution in [3.8, 4) is 0 Å². The summed E-state index contributed by atoms with van der Waals surface area (Å²) < 4.78 is 132.